The number of ether oxygens (including phenoxy) is 1. The summed E-state index contributed by atoms with van der Waals surface area (Å²) < 4.78 is 4.86. The number of hydrogen-bond donors (Lipinski definition) is 5. The highest BCUT2D eigenvalue weighted by atomic mass is 32.1. The van der Waals surface area contributed by atoms with Crippen molar-refractivity contribution in [2.24, 2.45) is 11.8 Å². The maximum atomic E-state index is 14.1. The molecule has 0 aromatic carbocycles. The van der Waals surface area contributed by atoms with Gasteiger partial charge in [-0.2, -0.15) is 0 Å². The number of carbonyl (C=O) groups excluding carboxylic acids is 6. The number of nitrogens with zero attached hydrogens (tertiary/aromatic N) is 7. The summed E-state index contributed by atoms with van der Waals surface area (Å²) in [5.74, 6) is -3.25. The van der Waals surface area contributed by atoms with Crippen LogP contribution < -0.4 is 26.6 Å². The van der Waals surface area contributed by atoms with E-state index < -0.39 is 47.7 Å². The summed E-state index contributed by atoms with van der Waals surface area (Å²) in [6.45, 7) is 9.13. The summed E-state index contributed by atoms with van der Waals surface area (Å²) in [6, 6.07) is 1.51. The number of methoxy groups -OCH3 is 1. The fourth-order valence-electron chi connectivity index (χ4n) is 6.81. The fourth-order valence-corrected chi connectivity index (χ4v) is 12.2. The normalized spacial score (nSPS) is 17.0. The number of nitrogens with one attached hydrogen (secondary N) is 5. The first-order valence-corrected chi connectivity index (χ1v) is 26.1. The van der Waals surface area contributed by atoms with Crippen LogP contribution in [0.2, 0.25) is 0 Å². The van der Waals surface area contributed by atoms with Gasteiger partial charge in [0.15, 0.2) is 5.69 Å². The molecule has 10 bridgehead atoms. The molecular formula is C43H42N12O7S6. The number of carbonyl (C=O) groups is 6. The first-order chi connectivity index (χ1) is 32.6. The molecule has 7 aromatic rings. The molecule has 0 fully saturated rings. The SMILES string of the molecule is CNC(=O)CC1NC(=O)c2csc(n2)-c2ccc(-c3nc(C(=O)OC)cs3)nc2-c2csc(n2)-c2csc(n2)C(C(C)C)NC(=O)CNC(=O)c2csc(n2)C(C(C)C)NC(=O)c2nc1sc2C. The average molecular weight is 1030 g/mol. The third kappa shape index (κ3) is 10.4. The minimum atomic E-state index is -0.933. The van der Waals surface area contributed by atoms with E-state index in [1.165, 1.54) is 82.2 Å². The van der Waals surface area contributed by atoms with E-state index in [0.717, 1.165) is 0 Å². The van der Waals surface area contributed by atoms with Crippen LogP contribution in [0.15, 0.2) is 39.0 Å². The molecule has 5 N–H and O–H groups in total. The van der Waals surface area contributed by atoms with Crippen molar-refractivity contribution >= 4 is 104 Å². The second-order valence-electron chi connectivity index (χ2n) is 15.9. The van der Waals surface area contributed by atoms with Crippen LogP contribution in [0.5, 0.6) is 0 Å². The number of pyridine rings is 1. The van der Waals surface area contributed by atoms with Crippen LogP contribution in [-0.2, 0) is 14.3 Å². The van der Waals surface area contributed by atoms with Crippen molar-refractivity contribution in [3.63, 3.8) is 0 Å². The van der Waals surface area contributed by atoms with E-state index >= 15 is 0 Å². The van der Waals surface area contributed by atoms with Gasteiger partial charge in [-0.3, -0.25) is 24.0 Å². The Bertz CT molecular complexity index is 3060. The third-order valence-corrected chi connectivity index (χ3v) is 15.9. The van der Waals surface area contributed by atoms with Crippen molar-refractivity contribution in [2.75, 3.05) is 20.7 Å². The lowest BCUT2D eigenvalue weighted by Gasteiger charge is -2.20. The van der Waals surface area contributed by atoms with Crippen LogP contribution >= 0.6 is 68.0 Å². The Kier molecular flexibility index (Phi) is 14.6. The van der Waals surface area contributed by atoms with Gasteiger partial charge in [0.1, 0.15) is 64.2 Å². The van der Waals surface area contributed by atoms with Crippen LogP contribution in [-0.4, -0.2) is 91.1 Å². The van der Waals surface area contributed by atoms with E-state index in [1.807, 2.05) is 38.5 Å². The number of rotatable bonds is 6. The van der Waals surface area contributed by atoms with Gasteiger partial charge in [0.2, 0.25) is 11.8 Å². The molecule has 8 heterocycles. The number of amides is 5. The van der Waals surface area contributed by atoms with E-state index in [-0.39, 0.29) is 53.5 Å². The molecule has 1 aliphatic rings. The number of thiazole rings is 6. The molecule has 352 valence electrons. The Morgan fingerprint density at radius 2 is 1.28 bits per heavy atom. The molecule has 7 aromatic heterocycles. The Hall–Kier alpha value is -6.25. The quantitative estimate of drug-likeness (QED) is 0.106. The standard InChI is InChI=1S/C43H42N12O7S6/c1-17(2)30-41-51-26(15-67-41)39-48-23(12-64-39)33-20(8-9-21(46-33)38-52-27(16-65-38)43(61)62-7)37-49-25(14-63-37)35(59)47-22(10-28(56)44-6)40-55-32(19(5)68-40)36(60)54-31(18(3)4)42-50-24(13-66-42)34(58)45-11-29(57)53-30/h8-9,12-18,22,30-31H,10-11H2,1-7H3,(H,44,56)(H,45,58)(H,47,59)(H,53,57)(H,54,60). The predicted molar refractivity (Wildman–Crippen MR) is 261 cm³/mol. The minimum absolute atomic E-state index is 0.0665. The van der Waals surface area contributed by atoms with Gasteiger partial charge in [-0.25, -0.2) is 39.7 Å². The van der Waals surface area contributed by atoms with Crippen molar-refractivity contribution in [3.05, 3.63) is 81.7 Å². The van der Waals surface area contributed by atoms with E-state index in [9.17, 15) is 28.8 Å². The molecule has 0 aliphatic carbocycles. The van der Waals surface area contributed by atoms with Gasteiger partial charge in [0.05, 0.1) is 43.9 Å². The largest absolute Gasteiger partial charge is 0.464 e. The zero-order valence-corrected chi connectivity index (χ0v) is 42.2. The molecule has 19 nitrogen and oxygen atoms in total. The van der Waals surface area contributed by atoms with Gasteiger partial charge in [0.25, 0.3) is 17.7 Å². The Morgan fingerprint density at radius 3 is 2.00 bits per heavy atom. The van der Waals surface area contributed by atoms with Crippen molar-refractivity contribution in [1.82, 2.24) is 61.5 Å². The molecule has 0 radical (unpaired) electrons. The lowest BCUT2D eigenvalue weighted by atomic mass is 10.0. The van der Waals surface area contributed by atoms with Crippen LogP contribution in [0.4, 0.5) is 0 Å². The summed E-state index contributed by atoms with van der Waals surface area (Å²) >= 11 is 7.50. The average Bonchev–Trinajstić information content (AvgIpc) is 4.18. The zero-order chi connectivity index (χ0) is 48.4. The summed E-state index contributed by atoms with van der Waals surface area (Å²) in [4.78, 5) is 114. The second kappa shape index (κ2) is 20.5. The summed E-state index contributed by atoms with van der Waals surface area (Å²) in [7, 11) is 2.76. The van der Waals surface area contributed by atoms with Crippen molar-refractivity contribution in [2.45, 2.75) is 59.2 Å². The molecule has 5 amide bonds. The number of esters is 1. The lowest BCUT2D eigenvalue weighted by molar-refractivity contribution is -0.122. The molecular weight excluding hydrogens is 989 g/mol. The Balaban J connectivity index is 1.20. The van der Waals surface area contributed by atoms with Gasteiger partial charge >= 0.3 is 5.97 Å². The van der Waals surface area contributed by atoms with E-state index in [4.69, 9.17) is 24.7 Å². The van der Waals surface area contributed by atoms with Gasteiger partial charge in [-0.1, -0.05) is 27.7 Å². The van der Waals surface area contributed by atoms with Crippen LogP contribution in [0.1, 0.15) is 114 Å². The number of hydrogen-bond acceptors (Lipinski definition) is 20. The van der Waals surface area contributed by atoms with E-state index in [1.54, 1.807) is 35.2 Å². The smallest absolute Gasteiger partial charge is 0.357 e. The van der Waals surface area contributed by atoms with Crippen LogP contribution in [0, 0.1) is 18.8 Å². The molecule has 1 aliphatic heterocycles. The monoisotopic (exact) mass is 1030 g/mol. The highest BCUT2D eigenvalue weighted by Gasteiger charge is 2.30. The molecule has 0 saturated heterocycles. The summed E-state index contributed by atoms with van der Waals surface area (Å²) in [5, 5.41) is 25.6. The van der Waals surface area contributed by atoms with Crippen LogP contribution in [0.25, 0.3) is 43.4 Å². The molecule has 8 rings (SSSR count). The van der Waals surface area contributed by atoms with Crippen molar-refractivity contribution in [1.29, 1.82) is 0 Å². The molecule has 68 heavy (non-hydrogen) atoms. The topological polar surface area (TPSA) is 262 Å². The Labute approximate surface area is 412 Å². The minimum Gasteiger partial charge on any atom is -0.464 e. The first kappa shape index (κ1) is 48.2. The zero-order valence-electron chi connectivity index (χ0n) is 37.3. The Morgan fingerprint density at radius 1 is 0.662 bits per heavy atom. The highest BCUT2D eigenvalue weighted by Crippen LogP contribution is 2.39. The first-order valence-electron chi connectivity index (χ1n) is 20.9. The van der Waals surface area contributed by atoms with Gasteiger partial charge < -0.3 is 31.3 Å². The number of aryl methyl sites for hydroxylation is 1. The maximum absolute atomic E-state index is 14.1. The highest BCUT2D eigenvalue weighted by molar-refractivity contribution is 7.15. The van der Waals surface area contributed by atoms with E-state index in [2.05, 4.69) is 41.5 Å². The lowest BCUT2D eigenvalue weighted by Crippen LogP contribution is -2.40. The summed E-state index contributed by atoms with van der Waals surface area (Å²) in [5.41, 5.74) is 2.89. The predicted octanol–water partition coefficient (Wildman–Crippen LogP) is 6.87. The maximum Gasteiger partial charge on any atom is 0.357 e. The molecule has 3 atom stereocenters. The van der Waals surface area contributed by atoms with Gasteiger partial charge in [-0.05, 0) is 30.9 Å². The molecule has 25 heteroatoms. The summed E-state index contributed by atoms with van der Waals surface area (Å²) in [6.07, 6.45) is -0.178. The van der Waals surface area contributed by atoms with Crippen molar-refractivity contribution < 1.29 is 33.5 Å². The third-order valence-electron chi connectivity index (χ3n) is 10.4. The van der Waals surface area contributed by atoms with E-state index in [0.29, 0.717) is 63.3 Å². The van der Waals surface area contributed by atoms with Gasteiger partial charge in [-0.15, -0.1) is 68.0 Å². The van der Waals surface area contributed by atoms with Gasteiger partial charge in [0, 0.05) is 44.4 Å². The molecule has 0 spiro atoms. The second-order valence-corrected chi connectivity index (χ2v) is 21.5. The molecule has 3 unspecified atom stereocenters. The van der Waals surface area contributed by atoms with Crippen molar-refractivity contribution in [3.8, 4) is 43.4 Å². The number of fused-ring (bicyclic) bond motifs is 14. The molecule has 0 saturated carbocycles. The fraction of sp³-hybridized carbons (Fsp3) is 0.326. The number of aromatic nitrogens is 7. The van der Waals surface area contributed by atoms with Crippen LogP contribution in [0.3, 0.4) is 0 Å².